The van der Waals surface area contributed by atoms with Crippen LogP contribution in [0, 0.1) is 0 Å². The maximum Gasteiger partial charge on any atom is 0.212 e. The zero-order valence-electron chi connectivity index (χ0n) is 12.2. The van der Waals surface area contributed by atoms with E-state index in [9.17, 15) is 8.42 Å². The van der Waals surface area contributed by atoms with E-state index in [-0.39, 0.29) is 11.8 Å². The van der Waals surface area contributed by atoms with Gasteiger partial charge in [-0.1, -0.05) is 13.8 Å². The molecule has 0 amide bonds. The van der Waals surface area contributed by atoms with Crippen LogP contribution in [0.1, 0.15) is 49.6 Å². The van der Waals surface area contributed by atoms with Crippen molar-refractivity contribution in [2.45, 2.75) is 51.6 Å². The summed E-state index contributed by atoms with van der Waals surface area (Å²) in [5.74, 6) is 0.197. The maximum atomic E-state index is 12.1. The molecule has 2 N–H and O–H groups in total. The molecule has 1 atom stereocenters. The molecule has 0 aromatic carbocycles. The molecule has 0 spiro atoms. The van der Waals surface area contributed by atoms with Gasteiger partial charge in [-0.25, -0.2) is 13.1 Å². The number of hydrogen-bond acceptors (Lipinski definition) is 4. The number of nitrogens with one attached hydrogen (secondary N) is 2. The Bertz CT molecular complexity index is 523. The SMILES string of the molecule is CC(C)NCCCS(=O)(=O)NC1CCCc2sccc21. The van der Waals surface area contributed by atoms with Crippen molar-refractivity contribution in [3.05, 3.63) is 21.9 Å². The van der Waals surface area contributed by atoms with Gasteiger partial charge < -0.3 is 5.32 Å². The maximum absolute atomic E-state index is 12.1. The minimum Gasteiger partial charge on any atom is -0.314 e. The van der Waals surface area contributed by atoms with Gasteiger partial charge in [0, 0.05) is 17.0 Å². The normalized spacial score (nSPS) is 19.2. The van der Waals surface area contributed by atoms with Crippen LogP contribution >= 0.6 is 11.3 Å². The minimum absolute atomic E-state index is 0.0203. The van der Waals surface area contributed by atoms with Crippen molar-refractivity contribution in [3.8, 4) is 0 Å². The van der Waals surface area contributed by atoms with Gasteiger partial charge in [-0.15, -0.1) is 11.3 Å². The summed E-state index contributed by atoms with van der Waals surface area (Å²) >= 11 is 1.73. The number of hydrogen-bond donors (Lipinski definition) is 2. The van der Waals surface area contributed by atoms with Crippen LogP contribution in [0.15, 0.2) is 11.4 Å². The Labute approximate surface area is 126 Å². The highest BCUT2D eigenvalue weighted by Gasteiger charge is 2.25. The molecule has 1 aliphatic rings. The molecule has 1 aromatic rings. The van der Waals surface area contributed by atoms with Crippen LogP contribution in [0.5, 0.6) is 0 Å². The van der Waals surface area contributed by atoms with Crippen LogP contribution in [0.3, 0.4) is 0 Å². The molecular formula is C14H24N2O2S2. The molecule has 0 fully saturated rings. The molecule has 114 valence electrons. The van der Waals surface area contributed by atoms with Crippen LogP contribution in [0.4, 0.5) is 0 Å². The third kappa shape index (κ3) is 4.55. The number of thiophene rings is 1. The second kappa shape index (κ2) is 7.02. The van der Waals surface area contributed by atoms with Gasteiger partial charge in [0.25, 0.3) is 0 Å². The van der Waals surface area contributed by atoms with Crippen molar-refractivity contribution in [2.75, 3.05) is 12.3 Å². The summed E-state index contributed by atoms with van der Waals surface area (Å²) in [5, 5.41) is 5.30. The fraction of sp³-hybridized carbons (Fsp3) is 0.714. The van der Waals surface area contributed by atoms with Gasteiger partial charge >= 0.3 is 0 Å². The molecule has 0 saturated carbocycles. The van der Waals surface area contributed by atoms with Crippen molar-refractivity contribution in [3.63, 3.8) is 0 Å². The van der Waals surface area contributed by atoms with Gasteiger partial charge in [0.2, 0.25) is 10.0 Å². The summed E-state index contributed by atoms with van der Waals surface area (Å²) in [6.45, 7) is 4.87. The van der Waals surface area contributed by atoms with E-state index in [0.29, 0.717) is 12.5 Å². The molecule has 1 heterocycles. The first-order valence-corrected chi connectivity index (χ1v) is 9.81. The predicted molar refractivity (Wildman–Crippen MR) is 84.7 cm³/mol. The van der Waals surface area contributed by atoms with Crippen LogP contribution in [0.2, 0.25) is 0 Å². The highest BCUT2D eigenvalue weighted by Crippen LogP contribution is 2.33. The van der Waals surface area contributed by atoms with E-state index in [2.05, 4.69) is 35.3 Å². The van der Waals surface area contributed by atoms with Crippen molar-refractivity contribution >= 4 is 21.4 Å². The highest BCUT2D eigenvalue weighted by atomic mass is 32.2. The van der Waals surface area contributed by atoms with Gasteiger partial charge in [0.1, 0.15) is 0 Å². The Hall–Kier alpha value is -0.430. The smallest absolute Gasteiger partial charge is 0.212 e. The lowest BCUT2D eigenvalue weighted by Gasteiger charge is -2.23. The molecule has 1 aliphatic carbocycles. The molecule has 1 aromatic heterocycles. The van der Waals surface area contributed by atoms with E-state index in [1.807, 2.05) is 0 Å². The Balaban J connectivity index is 1.87. The third-order valence-corrected chi connectivity index (χ3v) is 5.98. The van der Waals surface area contributed by atoms with Gasteiger partial charge in [-0.3, -0.25) is 0 Å². The first-order chi connectivity index (χ1) is 9.48. The molecule has 0 radical (unpaired) electrons. The van der Waals surface area contributed by atoms with Gasteiger partial charge in [0.15, 0.2) is 0 Å². The Morgan fingerprint density at radius 2 is 2.25 bits per heavy atom. The third-order valence-electron chi connectivity index (χ3n) is 3.52. The van der Waals surface area contributed by atoms with Crippen molar-refractivity contribution in [1.29, 1.82) is 0 Å². The lowest BCUT2D eigenvalue weighted by atomic mass is 9.95. The average molecular weight is 316 g/mol. The fourth-order valence-corrected chi connectivity index (χ4v) is 4.85. The number of aryl methyl sites for hydroxylation is 1. The highest BCUT2D eigenvalue weighted by molar-refractivity contribution is 7.89. The Kier molecular flexibility index (Phi) is 5.60. The quantitative estimate of drug-likeness (QED) is 0.760. The Morgan fingerprint density at radius 1 is 1.45 bits per heavy atom. The van der Waals surface area contributed by atoms with E-state index in [0.717, 1.165) is 25.8 Å². The molecule has 1 unspecified atom stereocenters. The van der Waals surface area contributed by atoms with Gasteiger partial charge in [-0.05, 0) is 49.2 Å². The largest absolute Gasteiger partial charge is 0.314 e. The molecule has 0 aliphatic heterocycles. The molecule has 0 bridgehead atoms. The second-order valence-electron chi connectivity index (χ2n) is 5.64. The zero-order valence-corrected chi connectivity index (χ0v) is 13.8. The standard InChI is InChI=1S/C14H24N2O2S2/c1-11(2)15-8-4-10-20(17,18)16-13-5-3-6-14-12(13)7-9-19-14/h7,9,11,13,15-16H,3-6,8,10H2,1-2H3. The van der Waals surface area contributed by atoms with Crippen LogP contribution in [0.25, 0.3) is 0 Å². The number of sulfonamides is 1. The van der Waals surface area contributed by atoms with Crippen molar-refractivity contribution < 1.29 is 8.42 Å². The van der Waals surface area contributed by atoms with E-state index in [1.54, 1.807) is 11.3 Å². The summed E-state index contributed by atoms with van der Waals surface area (Å²) in [6, 6.07) is 2.44. The van der Waals surface area contributed by atoms with Crippen LogP contribution < -0.4 is 10.0 Å². The van der Waals surface area contributed by atoms with E-state index < -0.39 is 10.0 Å². The zero-order chi connectivity index (χ0) is 14.6. The number of fused-ring (bicyclic) bond motifs is 1. The first kappa shape index (κ1) is 15.9. The monoisotopic (exact) mass is 316 g/mol. The molecule has 20 heavy (non-hydrogen) atoms. The summed E-state index contributed by atoms with van der Waals surface area (Å²) < 4.78 is 27.2. The molecule has 4 nitrogen and oxygen atoms in total. The predicted octanol–water partition coefficient (Wildman–Crippen LogP) is 2.43. The minimum atomic E-state index is -3.19. The van der Waals surface area contributed by atoms with Crippen molar-refractivity contribution in [2.24, 2.45) is 0 Å². The first-order valence-electron chi connectivity index (χ1n) is 7.27. The topological polar surface area (TPSA) is 58.2 Å². The summed E-state index contributed by atoms with van der Waals surface area (Å²) in [5.41, 5.74) is 1.19. The Morgan fingerprint density at radius 3 is 3.00 bits per heavy atom. The average Bonchev–Trinajstić information content (AvgIpc) is 2.83. The lowest BCUT2D eigenvalue weighted by Crippen LogP contribution is -2.33. The summed E-state index contributed by atoms with van der Waals surface area (Å²) in [6.07, 6.45) is 3.71. The van der Waals surface area contributed by atoms with E-state index >= 15 is 0 Å². The molecule has 6 heteroatoms. The summed E-state index contributed by atoms with van der Waals surface area (Å²) in [4.78, 5) is 1.34. The fourth-order valence-electron chi connectivity index (χ4n) is 2.54. The molecular weight excluding hydrogens is 292 g/mol. The second-order valence-corrected chi connectivity index (χ2v) is 8.52. The number of rotatable bonds is 7. The van der Waals surface area contributed by atoms with Gasteiger partial charge in [0.05, 0.1) is 5.75 Å². The van der Waals surface area contributed by atoms with Crippen molar-refractivity contribution in [1.82, 2.24) is 10.0 Å². The van der Waals surface area contributed by atoms with Crippen LogP contribution in [-0.4, -0.2) is 26.8 Å². The van der Waals surface area contributed by atoms with Gasteiger partial charge in [-0.2, -0.15) is 0 Å². The van der Waals surface area contributed by atoms with Crippen LogP contribution in [-0.2, 0) is 16.4 Å². The molecule has 2 rings (SSSR count). The lowest BCUT2D eigenvalue weighted by molar-refractivity contribution is 0.508. The molecule has 0 saturated heterocycles. The summed E-state index contributed by atoms with van der Waals surface area (Å²) in [7, 11) is -3.19. The van der Waals surface area contributed by atoms with E-state index in [1.165, 1.54) is 10.4 Å². The van der Waals surface area contributed by atoms with E-state index in [4.69, 9.17) is 0 Å².